The quantitative estimate of drug-likeness (QED) is 0.480. The van der Waals surface area contributed by atoms with Gasteiger partial charge in [0.05, 0.1) is 0 Å². The second-order valence-electron chi connectivity index (χ2n) is 2.39. The highest BCUT2D eigenvalue weighted by Crippen LogP contribution is 1.99. The van der Waals surface area contributed by atoms with Crippen molar-refractivity contribution in [1.29, 1.82) is 0 Å². The van der Waals surface area contributed by atoms with E-state index in [1.807, 2.05) is 0 Å². The highest BCUT2D eigenvalue weighted by atomic mass is 32.2. The first-order chi connectivity index (χ1) is 5.52. The maximum absolute atomic E-state index is 8.59. The molecule has 0 amide bonds. The Labute approximate surface area is 79.3 Å². The number of rotatable bonds is 0. The molecule has 0 saturated heterocycles. The summed E-state index contributed by atoms with van der Waals surface area (Å²) in [7, 11) is -3.12. The monoisotopic (exact) mass is 206 g/mol. The van der Waals surface area contributed by atoms with Gasteiger partial charge in [-0.25, -0.2) is 8.42 Å². The summed E-state index contributed by atoms with van der Waals surface area (Å²) in [5.41, 5.74) is 2.66. The van der Waals surface area contributed by atoms with Crippen molar-refractivity contribution in [2.75, 3.05) is 0 Å². The van der Waals surface area contributed by atoms with Crippen LogP contribution >= 0.6 is 0 Å². The van der Waals surface area contributed by atoms with Gasteiger partial charge >= 0.3 is 0 Å². The highest BCUT2D eigenvalue weighted by Gasteiger charge is 1.79. The van der Waals surface area contributed by atoms with Crippen molar-refractivity contribution in [2.24, 2.45) is 0 Å². The van der Waals surface area contributed by atoms with E-state index in [2.05, 4.69) is 38.1 Å². The average Bonchev–Trinajstić information content (AvgIpc) is 1.94. The Kier molecular flexibility index (Phi) is 8.68. The van der Waals surface area contributed by atoms with Crippen molar-refractivity contribution in [3.8, 4) is 0 Å². The second kappa shape index (κ2) is 7.72. The minimum atomic E-state index is -3.12. The Morgan fingerprint density at radius 2 is 1.15 bits per heavy atom. The number of hydrogen-bond donors (Lipinski definition) is 2. The molecule has 0 heterocycles. The van der Waals surface area contributed by atoms with Crippen LogP contribution in [-0.2, 0) is 11.0 Å². The molecular formula is C8H14O4S. The van der Waals surface area contributed by atoms with Gasteiger partial charge < -0.3 is 5.48 Å². The fourth-order valence-electron chi connectivity index (χ4n) is 0.637. The average molecular weight is 206 g/mol. The summed E-state index contributed by atoms with van der Waals surface area (Å²) < 4.78 is 24.2. The molecule has 5 heteroatoms. The third-order valence-electron chi connectivity index (χ3n) is 1.22. The Morgan fingerprint density at radius 1 is 1.00 bits per heavy atom. The third-order valence-corrected chi connectivity index (χ3v) is 1.22. The van der Waals surface area contributed by atoms with Gasteiger partial charge in [0.2, 0.25) is 0 Å². The smallest absolute Gasteiger partial charge is 0.254 e. The number of benzene rings is 1. The first kappa shape index (κ1) is 14.6. The molecule has 3 N–H and O–H groups in total. The summed E-state index contributed by atoms with van der Waals surface area (Å²) in [4.78, 5) is 0. The maximum Gasteiger partial charge on any atom is 0.254 e. The highest BCUT2D eigenvalue weighted by molar-refractivity contribution is 7.66. The molecule has 0 aromatic heterocycles. The molecule has 0 bridgehead atoms. The van der Waals surface area contributed by atoms with Gasteiger partial charge in [0.1, 0.15) is 0 Å². The topological polar surface area (TPSA) is 85.9 Å². The Hall–Kier alpha value is -0.910. The summed E-state index contributed by atoms with van der Waals surface area (Å²) in [6.07, 6.45) is 0. The van der Waals surface area contributed by atoms with Gasteiger partial charge in [-0.05, 0) is 13.8 Å². The summed E-state index contributed by atoms with van der Waals surface area (Å²) in [6, 6.07) is 8.48. The standard InChI is InChI=1S/C8H10.H2O3S.H2O/c1-7-3-5-8(2)6-4-7;1-4(2)3;/h3-6H,1-2H3;4H,(H,1,2,3);1H2. The zero-order chi connectivity index (χ0) is 9.56. The van der Waals surface area contributed by atoms with E-state index in [9.17, 15) is 0 Å². The summed E-state index contributed by atoms with van der Waals surface area (Å²) in [5, 5.41) is 0. The molecule has 1 aromatic carbocycles. The van der Waals surface area contributed by atoms with Crippen LogP contribution in [-0.4, -0.2) is 18.4 Å². The Morgan fingerprint density at radius 3 is 1.31 bits per heavy atom. The summed E-state index contributed by atoms with van der Waals surface area (Å²) in [5.74, 6) is 0. The molecule has 1 aromatic rings. The lowest BCUT2D eigenvalue weighted by Gasteiger charge is -1.90. The molecule has 13 heavy (non-hydrogen) atoms. The first-order valence-corrected chi connectivity index (χ1v) is 4.52. The molecule has 0 spiro atoms. The van der Waals surface area contributed by atoms with Crippen molar-refractivity contribution >= 4 is 11.0 Å². The lowest BCUT2D eigenvalue weighted by molar-refractivity contribution is 0.509. The van der Waals surface area contributed by atoms with E-state index in [1.54, 1.807) is 0 Å². The van der Waals surface area contributed by atoms with Crippen molar-refractivity contribution in [3.63, 3.8) is 0 Å². The fraction of sp³-hybridized carbons (Fsp3) is 0.250. The predicted molar refractivity (Wildman–Crippen MR) is 52.5 cm³/mol. The first-order valence-electron chi connectivity index (χ1n) is 3.39. The van der Waals surface area contributed by atoms with Gasteiger partial charge in [0, 0.05) is 0 Å². The number of hydrogen-bond acceptors (Lipinski definition) is 2. The van der Waals surface area contributed by atoms with Crippen LogP contribution in [0.25, 0.3) is 0 Å². The molecule has 1 rings (SSSR count). The molecule has 0 aliphatic carbocycles. The minimum Gasteiger partial charge on any atom is -0.412 e. The molecule has 0 saturated carbocycles. The zero-order valence-electron chi connectivity index (χ0n) is 7.52. The minimum absolute atomic E-state index is 0. The van der Waals surface area contributed by atoms with Crippen LogP contribution in [0.5, 0.6) is 0 Å². The normalized spacial score (nSPS) is 8.31. The van der Waals surface area contributed by atoms with Crippen LogP contribution in [0.4, 0.5) is 0 Å². The van der Waals surface area contributed by atoms with Gasteiger partial charge in [0.25, 0.3) is 11.0 Å². The van der Waals surface area contributed by atoms with Crippen molar-refractivity contribution < 1.29 is 18.4 Å². The van der Waals surface area contributed by atoms with E-state index in [-0.39, 0.29) is 5.48 Å². The van der Waals surface area contributed by atoms with Gasteiger partial charge in [-0.3, -0.25) is 4.55 Å². The lowest BCUT2D eigenvalue weighted by Crippen LogP contribution is -1.70. The Bertz CT molecular complexity index is 261. The molecule has 0 radical (unpaired) electrons. The number of aryl methyl sites for hydroxylation is 2. The number of thiol groups is 1. The third kappa shape index (κ3) is 11.1. The van der Waals surface area contributed by atoms with E-state index in [4.69, 9.17) is 13.0 Å². The van der Waals surface area contributed by atoms with E-state index in [1.165, 1.54) is 11.1 Å². The maximum atomic E-state index is 8.59. The predicted octanol–water partition coefficient (Wildman–Crippen LogP) is 0.550. The van der Waals surface area contributed by atoms with E-state index < -0.39 is 11.0 Å². The Balaban J connectivity index is 0. The molecule has 4 nitrogen and oxygen atoms in total. The molecule has 0 aliphatic heterocycles. The van der Waals surface area contributed by atoms with Gasteiger partial charge in [-0.15, -0.1) is 0 Å². The van der Waals surface area contributed by atoms with Gasteiger partial charge in [-0.1, -0.05) is 35.4 Å². The molecule has 0 aliphatic rings. The lowest BCUT2D eigenvalue weighted by atomic mass is 10.2. The van der Waals surface area contributed by atoms with E-state index >= 15 is 0 Å². The molecule has 76 valence electrons. The molecule has 0 atom stereocenters. The van der Waals surface area contributed by atoms with Crippen LogP contribution in [0, 0.1) is 13.8 Å². The molecular weight excluding hydrogens is 192 g/mol. The van der Waals surface area contributed by atoms with Gasteiger partial charge in [0.15, 0.2) is 0 Å². The zero-order valence-corrected chi connectivity index (χ0v) is 8.41. The largest absolute Gasteiger partial charge is 0.412 e. The van der Waals surface area contributed by atoms with Crippen molar-refractivity contribution in [1.82, 2.24) is 0 Å². The van der Waals surface area contributed by atoms with Crippen LogP contribution in [0.1, 0.15) is 11.1 Å². The van der Waals surface area contributed by atoms with Crippen LogP contribution in [0.3, 0.4) is 0 Å². The second-order valence-corrected chi connectivity index (χ2v) is 2.87. The van der Waals surface area contributed by atoms with Crippen LogP contribution in [0.15, 0.2) is 24.3 Å². The summed E-state index contributed by atoms with van der Waals surface area (Å²) >= 11 is 0. The van der Waals surface area contributed by atoms with E-state index in [0.29, 0.717) is 0 Å². The van der Waals surface area contributed by atoms with E-state index in [0.717, 1.165) is 0 Å². The van der Waals surface area contributed by atoms with Crippen molar-refractivity contribution in [2.45, 2.75) is 13.8 Å². The SMILES string of the molecule is Cc1ccc(C)cc1.O.O=[SH](=O)O. The van der Waals surface area contributed by atoms with Crippen LogP contribution in [0.2, 0.25) is 0 Å². The summed E-state index contributed by atoms with van der Waals surface area (Å²) in [6.45, 7) is 4.19. The molecule has 0 fully saturated rings. The van der Waals surface area contributed by atoms with Gasteiger partial charge in [-0.2, -0.15) is 0 Å². The van der Waals surface area contributed by atoms with Crippen molar-refractivity contribution in [3.05, 3.63) is 35.4 Å². The van der Waals surface area contributed by atoms with Crippen LogP contribution < -0.4 is 0 Å². The fourth-order valence-corrected chi connectivity index (χ4v) is 0.637. The molecule has 0 unspecified atom stereocenters.